The van der Waals surface area contributed by atoms with Gasteiger partial charge in [0.1, 0.15) is 6.54 Å². The van der Waals surface area contributed by atoms with Crippen LogP contribution in [0.15, 0.2) is 53.3 Å². The second-order valence-electron chi connectivity index (χ2n) is 8.90. The van der Waals surface area contributed by atoms with Gasteiger partial charge < -0.3 is 5.11 Å². The minimum atomic E-state index is -5.08. The van der Waals surface area contributed by atoms with Gasteiger partial charge in [-0.3, -0.25) is 9.36 Å². The average molecular weight is 630 g/mol. The van der Waals surface area contributed by atoms with Crippen LogP contribution in [0.4, 0.5) is 26.3 Å². The molecule has 10 nitrogen and oxygen atoms in total. The molecule has 41 heavy (non-hydrogen) atoms. The Morgan fingerprint density at radius 2 is 1.73 bits per heavy atom. The summed E-state index contributed by atoms with van der Waals surface area (Å²) >= 11 is 5.84. The zero-order valence-corrected chi connectivity index (χ0v) is 22.2. The second kappa shape index (κ2) is 12.3. The first-order valence-corrected chi connectivity index (χ1v) is 13.4. The zero-order chi connectivity index (χ0) is 30.8. The number of rotatable bonds is 11. The van der Waals surface area contributed by atoms with E-state index in [1.54, 1.807) is 0 Å². The van der Waals surface area contributed by atoms with E-state index in [1.165, 1.54) is 30.3 Å². The number of Topliss-reactive ketones (excluding diaryl/α,β-unsaturated/α-hetero) is 1. The summed E-state index contributed by atoms with van der Waals surface area (Å²) in [6, 6.07) is 9.21. The molecule has 2 aromatic carbocycles. The highest BCUT2D eigenvalue weighted by Gasteiger charge is 2.39. The quantitative estimate of drug-likeness (QED) is 0.278. The first kappa shape index (κ1) is 32.3. The number of alkyl halides is 6. The standard InChI is InChI=1S/C23H22ClF6N5O5S/c24-17-6-4-13(5-7-17)20-33-35(21(38)34(20)12-19(37)23(28,29)30)11-18(36)9-15(10-32-41(31,39)40)14-2-1-3-16(8-14)22(25,26)27/h1-8,15,19,32,37H,9-12H2,(H2,31,39,40)/t15?,19-/m0/s1. The fraction of sp³-hybridized carbons (Fsp3) is 0.348. The van der Waals surface area contributed by atoms with Gasteiger partial charge in [0, 0.05) is 29.5 Å². The monoisotopic (exact) mass is 629 g/mol. The van der Waals surface area contributed by atoms with Gasteiger partial charge in [-0.05, 0) is 35.9 Å². The second-order valence-corrected chi connectivity index (χ2v) is 10.7. The van der Waals surface area contributed by atoms with E-state index in [0.29, 0.717) is 9.25 Å². The van der Waals surface area contributed by atoms with Gasteiger partial charge >= 0.3 is 18.0 Å². The molecular weight excluding hydrogens is 608 g/mol. The van der Waals surface area contributed by atoms with E-state index in [1.807, 2.05) is 4.72 Å². The topological polar surface area (TPSA) is 149 Å². The molecule has 0 aliphatic heterocycles. The van der Waals surface area contributed by atoms with Crippen LogP contribution in [0.3, 0.4) is 0 Å². The van der Waals surface area contributed by atoms with E-state index < -0.39 is 77.7 Å². The number of aliphatic hydroxyl groups excluding tert-OH is 1. The number of hydrogen-bond acceptors (Lipinski definition) is 6. The van der Waals surface area contributed by atoms with E-state index in [0.717, 1.165) is 18.2 Å². The van der Waals surface area contributed by atoms with Crippen LogP contribution in [0.5, 0.6) is 0 Å². The van der Waals surface area contributed by atoms with Crippen LogP contribution in [0, 0.1) is 0 Å². The van der Waals surface area contributed by atoms with Crippen LogP contribution >= 0.6 is 11.6 Å². The molecule has 1 aromatic heterocycles. The summed E-state index contributed by atoms with van der Waals surface area (Å²) in [4.78, 5) is 25.9. The van der Waals surface area contributed by atoms with E-state index in [4.69, 9.17) is 16.7 Å². The van der Waals surface area contributed by atoms with E-state index in [2.05, 4.69) is 5.10 Å². The molecule has 0 radical (unpaired) electrons. The number of halogens is 7. The third kappa shape index (κ3) is 8.87. The maximum absolute atomic E-state index is 13.2. The lowest BCUT2D eigenvalue weighted by Gasteiger charge is -2.18. The molecule has 0 fully saturated rings. The maximum atomic E-state index is 13.2. The SMILES string of the molecule is NS(=O)(=O)NCC(CC(=O)Cn1nc(-c2ccc(Cl)cc2)n(C[C@H](O)C(F)(F)F)c1=O)c1cccc(C(F)(F)F)c1. The fourth-order valence-corrected chi connectivity index (χ4v) is 4.36. The molecule has 0 aliphatic carbocycles. The summed E-state index contributed by atoms with van der Waals surface area (Å²) in [6.07, 6.45) is -13.4. The van der Waals surface area contributed by atoms with Crippen LogP contribution in [0.2, 0.25) is 5.02 Å². The summed E-state index contributed by atoms with van der Waals surface area (Å²) in [6.45, 7) is -2.66. The molecule has 0 spiro atoms. The Labute approximate surface area is 233 Å². The van der Waals surface area contributed by atoms with Gasteiger partial charge in [-0.2, -0.15) is 34.8 Å². The summed E-state index contributed by atoms with van der Waals surface area (Å²) in [7, 11) is -4.31. The molecule has 0 bridgehead atoms. The Bertz CT molecular complexity index is 1550. The molecule has 1 heterocycles. The lowest BCUT2D eigenvalue weighted by molar-refractivity contribution is -0.207. The first-order valence-electron chi connectivity index (χ1n) is 11.5. The number of benzene rings is 2. The van der Waals surface area contributed by atoms with Crippen molar-refractivity contribution in [1.82, 2.24) is 19.1 Å². The summed E-state index contributed by atoms with van der Waals surface area (Å²) in [5.74, 6) is -2.33. The van der Waals surface area contributed by atoms with E-state index in [-0.39, 0.29) is 22.0 Å². The number of nitrogens with zero attached hydrogens (tertiary/aromatic N) is 3. The van der Waals surface area contributed by atoms with Crippen LogP contribution in [-0.4, -0.2) is 52.5 Å². The molecule has 3 aromatic rings. The number of ketones is 1. The number of hydrogen-bond donors (Lipinski definition) is 3. The number of carbonyl (C=O) groups excluding carboxylic acids is 1. The Hall–Kier alpha value is -3.25. The smallest absolute Gasteiger partial charge is 0.382 e. The highest BCUT2D eigenvalue weighted by Crippen LogP contribution is 2.32. The van der Waals surface area contributed by atoms with Crippen molar-refractivity contribution in [3.8, 4) is 11.4 Å². The maximum Gasteiger partial charge on any atom is 0.416 e. The van der Waals surface area contributed by atoms with Crippen molar-refractivity contribution in [2.75, 3.05) is 6.54 Å². The predicted molar refractivity (Wildman–Crippen MR) is 134 cm³/mol. The van der Waals surface area contributed by atoms with Gasteiger partial charge in [0.05, 0.1) is 12.1 Å². The molecule has 1 unspecified atom stereocenters. The lowest BCUT2D eigenvalue weighted by Crippen LogP contribution is -2.37. The van der Waals surface area contributed by atoms with Crippen LogP contribution in [0.1, 0.15) is 23.5 Å². The van der Waals surface area contributed by atoms with Crippen LogP contribution in [-0.2, 0) is 34.3 Å². The van der Waals surface area contributed by atoms with Gasteiger partial charge in [-0.1, -0.05) is 29.8 Å². The highest BCUT2D eigenvalue weighted by atomic mass is 35.5. The first-order chi connectivity index (χ1) is 18.8. The minimum absolute atomic E-state index is 0.0719. The number of nitrogens with two attached hydrogens (primary N) is 1. The molecule has 0 saturated heterocycles. The van der Waals surface area contributed by atoms with Crippen LogP contribution < -0.4 is 15.6 Å². The van der Waals surface area contributed by atoms with Crippen molar-refractivity contribution in [1.29, 1.82) is 0 Å². The molecule has 224 valence electrons. The van der Waals surface area contributed by atoms with Crippen LogP contribution in [0.25, 0.3) is 11.4 Å². The number of aliphatic hydroxyl groups is 1. The largest absolute Gasteiger partial charge is 0.416 e. The molecule has 2 atom stereocenters. The van der Waals surface area contributed by atoms with Gasteiger partial charge in [-0.15, -0.1) is 5.10 Å². The van der Waals surface area contributed by atoms with Crippen molar-refractivity contribution >= 4 is 27.6 Å². The van der Waals surface area contributed by atoms with Gasteiger partial charge in [0.15, 0.2) is 17.7 Å². The number of nitrogens with one attached hydrogen (secondary N) is 1. The number of aromatic nitrogens is 3. The Morgan fingerprint density at radius 1 is 1.10 bits per heavy atom. The van der Waals surface area contributed by atoms with E-state index >= 15 is 0 Å². The summed E-state index contributed by atoms with van der Waals surface area (Å²) < 4.78 is 105. The van der Waals surface area contributed by atoms with Crippen molar-refractivity contribution in [3.05, 3.63) is 75.2 Å². The predicted octanol–water partition coefficient (Wildman–Crippen LogP) is 2.84. The molecular formula is C23H22ClF6N5O5S. The molecule has 3 rings (SSSR count). The van der Waals surface area contributed by atoms with Crippen molar-refractivity contribution < 1.29 is 44.7 Å². The third-order valence-electron chi connectivity index (χ3n) is 5.78. The van der Waals surface area contributed by atoms with E-state index in [9.17, 15) is 49.5 Å². The lowest BCUT2D eigenvalue weighted by atomic mass is 9.92. The number of carbonyl (C=O) groups is 1. The van der Waals surface area contributed by atoms with Gasteiger partial charge in [0.25, 0.3) is 10.2 Å². The molecule has 4 N–H and O–H groups in total. The van der Waals surface area contributed by atoms with Crippen molar-refractivity contribution in [3.63, 3.8) is 0 Å². The normalized spacial score (nSPS) is 14.2. The molecule has 0 saturated carbocycles. The van der Waals surface area contributed by atoms with Gasteiger partial charge in [0.2, 0.25) is 0 Å². The zero-order valence-electron chi connectivity index (χ0n) is 20.7. The molecule has 18 heteroatoms. The van der Waals surface area contributed by atoms with Crippen molar-refractivity contribution in [2.45, 2.75) is 43.9 Å². The van der Waals surface area contributed by atoms with Crippen molar-refractivity contribution in [2.24, 2.45) is 5.14 Å². The highest BCUT2D eigenvalue weighted by molar-refractivity contribution is 7.87. The van der Waals surface area contributed by atoms with Gasteiger partial charge in [-0.25, -0.2) is 19.3 Å². The molecule has 0 aliphatic rings. The molecule has 0 amide bonds. The third-order valence-corrected chi connectivity index (χ3v) is 6.60. The summed E-state index contributed by atoms with van der Waals surface area (Å²) in [5, 5.41) is 18.7. The Kier molecular flexibility index (Phi) is 9.69. The summed E-state index contributed by atoms with van der Waals surface area (Å²) in [5.41, 5.74) is -2.19. The Morgan fingerprint density at radius 3 is 2.29 bits per heavy atom. The Balaban J connectivity index is 1.95. The minimum Gasteiger partial charge on any atom is -0.382 e. The average Bonchev–Trinajstić information content (AvgIpc) is 3.15. The fourth-order valence-electron chi connectivity index (χ4n) is 3.80.